The van der Waals surface area contributed by atoms with Crippen LogP contribution in [-0.4, -0.2) is 41.1 Å². The van der Waals surface area contributed by atoms with Crippen LogP contribution in [0.5, 0.6) is 0 Å². The molecule has 0 aliphatic carbocycles. The van der Waals surface area contributed by atoms with Crippen molar-refractivity contribution >= 4 is 21.6 Å². The Morgan fingerprint density at radius 2 is 1.67 bits per heavy atom. The molecular weight excluding hydrogens is 364 g/mol. The first-order chi connectivity index (χ1) is 12.8. The van der Waals surface area contributed by atoms with E-state index < -0.39 is 10.0 Å². The lowest BCUT2D eigenvalue weighted by Crippen LogP contribution is -2.42. The highest BCUT2D eigenvalue weighted by Crippen LogP contribution is 2.27. The van der Waals surface area contributed by atoms with Gasteiger partial charge in [-0.25, -0.2) is 8.42 Å². The fourth-order valence-corrected chi connectivity index (χ4v) is 4.08. The summed E-state index contributed by atoms with van der Waals surface area (Å²) in [7, 11) is -2.36. The minimum Gasteiger partial charge on any atom is -0.383 e. The van der Waals surface area contributed by atoms with Crippen LogP contribution in [0.1, 0.15) is 16.7 Å². The van der Waals surface area contributed by atoms with Crippen molar-refractivity contribution in [2.24, 2.45) is 0 Å². The number of carbonyl (C=O) groups excluding carboxylic acids is 1. The number of ether oxygens (including phenoxy) is 1. The van der Waals surface area contributed by atoms with Crippen molar-refractivity contribution in [2.75, 3.05) is 31.1 Å². The van der Waals surface area contributed by atoms with Gasteiger partial charge in [0.1, 0.15) is 6.54 Å². The SMILES string of the molecule is COCCNC(=O)CN(c1cc(C)ccc1C)S(=O)(=O)c1ccc(C)cc1. The number of hydrogen-bond donors (Lipinski definition) is 1. The predicted octanol–water partition coefficient (Wildman–Crippen LogP) is 2.57. The van der Waals surface area contributed by atoms with Gasteiger partial charge >= 0.3 is 0 Å². The summed E-state index contributed by atoms with van der Waals surface area (Å²) in [6.07, 6.45) is 0. The number of benzene rings is 2. The Bertz CT molecular complexity index is 893. The van der Waals surface area contributed by atoms with Gasteiger partial charge in [0.2, 0.25) is 5.91 Å². The van der Waals surface area contributed by atoms with E-state index in [1.165, 1.54) is 11.4 Å². The van der Waals surface area contributed by atoms with Crippen molar-refractivity contribution in [3.05, 3.63) is 59.2 Å². The number of amides is 1. The molecule has 0 aliphatic rings. The molecule has 146 valence electrons. The molecule has 0 atom stereocenters. The Morgan fingerprint density at radius 3 is 2.30 bits per heavy atom. The summed E-state index contributed by atoms with van der Waals surface area (Å²) in [4.78, 5) is 12.5. The molecule has 0 saturated heterocycles. The van der Waals surface area contributed by atoms with Crippen LogP contribution in [0.2, 0.25) is 0 Å². The molecule has 0 aliphatic heterocycles. The summed E-state index contributed by atoms with van der Waals surface area (Å²) < 4.78 is 32.7. The standard InChI is InChI=1S/C20H26N2O4S/c1-15-6-9-18(10-7-15)27(24,25)22(14-20(23)21-11-12-26-4)19-13-16(2)5-8-17(19)3/h5-10,13H,11-12,14H2,1-4H3,(H,21,23). The second kappa shape index (κ2) is 9.01. The third-order valence-electron chi connectivity index (χ3n) is 4.16. The van der Waals surface area contributed by atoms with Crippen LogP contribution >= 0.6 is 0 Å². The first-order valence-corrected chi connectivity index (χ1v) is 10.1. The number of aryl methyl sites for hydroxylation is 3. The zero-order valence-corrected chi connectivity index (χ0v) is 17.0. The minimum atomic E-state index is -3.89. The first-order valence-electron chi connectivity index (χ1n) is 8.68. The third-order valence-corrected chi connectivity index (χ3v) is 5.93. The van der Waals surface area contributed by atoms with Gasteiger partial charge in [-0.3, -0.25) is 9.10 Å². The number of sulfonamides is 1. The summed E-state index contributed by atoms with van der Waals surface area (Å²) >= 11 is 0. The van der Waals surface area contributed by atoms with Crippen molar-refractivity contribution < 1.29 is 17.9 Å². The highest BCUT2D eigenvalue weighted by atomic mass is 32.2. The molecule has 2 rings (SSSR count). The van der Waals surface area contributed by atoms with Crippen LogP contribution in [0.15, 0.2) is 47.4 Å². The fraction of sp³-hybridized carbons (Fsp3) is 0.350. The van der Waals surface area contributed by atoms with E-state index in [4.69, 9.17) is 4.74 Å². The van der Waals surface area contributed by atoms with E-state index in [1.807, 2.05) is 32.9 Å². The Kier molecular flexibility index (Phi) is 6.98. The van der Waals surface area contributed by atoms with Gasteiger partial charge in [0.25, 0.3) is 10.0 Å². The summed E-state index contributed by atoms with van der Waals surface area (Å²) in [6.45, 7) is 5.99. The quantitative estimate of drug-likeness (QED) is 0.703. The Balaban J connectivity index is 2.44. The lowest BCUT2D eigenvalue weighted by atomic mass is 10.1. The summed E-state index contributed by atoms with van der Waals surface area (Å²) in [5.41, 5.74) is 3.16. The molecule has 2 aromatic rings. The second-order valence-corrected chi connectivity index (χ2v) is 8.32. The molecule has 27 heavy (non-hydrogen) atoms. The van der Waals surface area contributed by atoms with Gasteiger partial charge < -0.3 is 10.1 Å². The molecule has 0 fully saturated rings. The zero-order chi connectivity index (χ0) is 20.0. The van der Waals surface area contributed by atoms with Crippen molar-refractivity contribution in [1.29, 1.82) is 0 Å². The first kappa shape index (κ1) is 20.9. The Morgan fingerprint density at radius 1 is 1.04 bits per heavy atom. The average Bonchev–Trinajstić information content (AvgIpc) is 2.62. The maximum atomic E-state index is 13.3. The molecular formula is C20H26N2O4S. The van der Waals surface area contributed by atoms with Crippen LogP contribution < -0.4 is 9.62 Å². The Hall–Kier alpha value is -2.38. The van der Waals surface area contributed by atoms with Crippen LogP contribution in [0.25, 0.3) is 0 Å². The lowest BCUT2D eigenvalue weighted by Gasteiger charge is -2.26. The van der Waals surface area contributed by atoms with E-state index in [9.17, 15) is 13.2 Å². The molecule has 0 heterocycles. The molecule has 0 aromatic heterocycles. The number of nitrogens with one attached hydrogen (secondary N) is 1. The van der Waals surface area contributed by atoms with Gasteiger partial charge in [0.05, 0.1) is 17.2 Å². The minimum absolute atomic E-state index is 0.152. The van der Waals surface area contributed by atoms with Crippen LogP contribution in [0.3, 0.4) is 0 Å². The average molecular weight is 391 g/mol. The maximum absolute atomic E-state index is 13.3. The van der Waals surface area contributed by atoms with Crippen LogP contribution in [0, 0.1) is 20.8 Å². The van der Waals surface area contributed by atoms with Gasteiger partial charge in [-0.2, -0.15) is 0 Å². The van der Waals surface area contributed by atoms with Crippen LogP contribution in [0.4, 0.5) is 5.69 Å². The summed E-state index contributed by atoms with van der Waals surface area (Å²) in [5.74, 6) is -0.386. The number of hydrogen-bond acceptors (Lipinski definition) is 4. The second-order valence-electron chi connectivity index (χ2n) is 6.46. The number of methoxy groups -OCH3 is 1. The van der Waals surface area contributed by atoms with E-state index in [0.717, 1.165) is 16.7 Å². The molecule has 1 N–H and O–H groups in total. The molecule has 7 heteroatoms. The Labute approximate surface area is 161 Å². The monoisotopic (exact) mass is 390 g/mol. The normalized spacial score (nSPS) is 11.3. The highest BCUT2D eigenvalue weighted by Gasteiger charge is 2.28. The summed E-state index contributed by atoms with van der Waals surface area (Å²) in [6, 6.07) is 12.2. The van der Waals surface area contributed by atoms with E-state index in [2.05, 4.69) is 5.32 Å². The highest BCUT2D eigenvalue weighted by molar-refractivity contribution is 7.92. The maximum Gasteiger partial charge on any atom is 0.264 e. The topological polar surface area (TPSA) is 75.7 Å². The molecule has 6 nitrogen and oxygen atoms in total. The van der Waals surface area contributed by atoms with Gasteiger partial charge in [0.15, 0.2) is 0 Å². The van der Waals surface area contributed by atoms with Crippen molar-refractivity contribution in [3.8, 4) is 0 Å². The van der Waals surface area contributed by atoms with E-state index in [0.29, 0.717) is 18.8 Å². The smallest absolute Gasteiger partial charge is 0.264 e. The zero-order valence-electron chi connectivity index (χ0n) is 16.2. The lowest BCUT2D eigenvalue weighted by molar-refractivity contribution is -0.119. The van der Waals surface area contributed by atoms with E-state index in [1.54, 1.807) is 30.3 Å². The summed E-state index contributed by atoms with van der Waals surface area (Å²) in [5, 5.41) is 2.68. The third kappa shape index (κ3) is 5.30. The fourth-order valence-electron chi connectivity index (χ4n) is 2.60. The van der Waals surface area contributed by atoms with E-state index >= 15 is 0 Å². The van der Waals surface area contributed by atoms with E-state index in [-0.39, 0.29) is 17.3 Å². The molecule has 0 saturated carbocycles. The van der Waals surface area contributed by atoms with Crippen molar-refractivity contribution in [2.45, 2.75) is 25.7 Å². The predicted molar refractivity (Wildman–Crippen MR) is 107 cm³/mol. The molecule has 2 aromatic carbocycles. The van der Waals surface area contributed by atoms with Crippen molar-refractivity contribution in [3.63, 3.8) is 0 Å². The molecule has 0 unspecified atom stereocenters. The van der Waals surface area contributed by atoms with Crippen LogP contribution in [-0.2, 0) is 19.6 Å². The van der Waals surface area contributed by atoms with Gasteiger partial charge in [-0.15, -0.1) is 0 Å². The number of anilines is 1. The van der Waals surface area contributed by atoms with Gasteiger partial charge in [-0.05, 0) is 50.1 Å². The van der Waals surface area contributed by atoms with Gasteiger partial charge in [0, 0.05) is 13.7 Å². The molecule has 0 radical (unpaired) electrons. The van der Waals surface area contributed by atoms with Gasteiger partial charge in [-0.1, -0.05) is 29.8 Å². The molecule has 1 amide bonds. The van der Waals surface area contributed by atoms with Crippen molar-refractivity contribution in [1.82, 2.24) is 5.32 Å². The number of carbonyl (C=O) groups is 1. The largest absolute Gasteiger partial charge is 0.383 e. The molecule has 0 bridgehead atoms. The number of rotatable bonds is 8. The number of nitrogens with zero attached hydrogens (tertiary/aromatic N) is 1. The molecule has 0 spiro atoms.